The molecule has 0 radical (unpaired) electrons. The third-order valence-electron chi connectivity index (χ3n) is 1.60. The van der Waals surface area contributed by atoms with Gasteiger partial charge in [0.15, 0.2) is 5.44 Å². The number of nitrogens with two attached hydrogens (primary N) is 3. The first kappa shape index (κ1) is 19.4. The molecule has 0 fully saturated rings. The third-order valence-corrected chi connectivity index (χ3v) is 5.12. The summed E-state index contributed by atoms with van der Waals surface area (Å²) in [7, 11) is 1.48. The number of rotatable bonds is 8. The van der Waals surface area contributed by atoms with Crippen molar-refractivity contribution in [3.8, 4) is 0 Å². The molecular formula is C7H17N3O6S3. The molecule has 0 aromatic carbocycles. The van der Waals surface area contributed by atoms with Crippen LogP contribution < -0.4 is 17.2 Å². The third kappa shape index (κ3) is 8.31. The van der Waals surface area contributed by atoms with Crippen molar-refractivity contribution < 1.29 is 30.3 Å². The zero-order valence-corrected chi connectivity index (χ0v) is 12.1. The SMILES string of the molecule is NCC(O)(O)SC(=O)C(N)CSSC(O)C(N)(O)O. The Hall–Kier alpha value is 0.400. The minimum Gasteiger partial charge on any atom is -0.375 e. The molecule has 2 unspecified atom stereocenters. The average Bonchev–Trinajstić information content (AvgIpc) is 2.26. The lowest BCUT2D eigenvalue weighted by molar-refractivity contribution is -0.193. The molecule has 0 aromatic heterocycles. The standard InChI is InChI=1S/C7H17N3O6S3/c8-2-6(13,14)18-4(11)3(9)1-17-19-5(12)7(10,15)16/h3,5,12-16H,1-2,8-10H2. The van der Waals surface area contributed by atoms with Crippen LogP contribution in [0.1, 0.15) is 0 Å². The molecule has 0 rings (SSSR count). The zero-order valence-electron chi connectivity index (χ0n) is 9.67. The zero-order chi connectivity index (χ0) is 15.3. The van der Waals surface area contributed by atoms with E-state index in [0.29, 0.717) is 10.8 Å². The molecule has 0 bridgehead atoms. The summed E-state index contributed by atoms with van der Waals surface area (Å²) < 4.78 is 0. The Bertz CT molecular complexity index is 300. The monoisotopic (exact) mass is 335 g/mol. The van der Waals surface area contributed by atoms with Crippen molar-refractivity contribution in [2.45, 2.75) is 22.5 Å². The molecule has 0 saturated carbocycles. The van der Waals surface area contributed by atoms with Crippen LogP contribution in [-0.4, -0.2) is 65.5 Å². The topological polar surface area (TPSA) is 196 Å². The summed E-state index contributed by atoms with van der Waals surface area (Å²) in [6.07, 6.45) is 0. The Labute approximate surface area is 121 Å². The molecule has 0 spiro atoms. The van der Waals surface area contributed by atoms with Crippen LogP contribution in [0, 0.1) is 0 Å². The fourth-order valence-corrected chi connectivity index (χ4v) is 3.47. The molecule has 0 saturated heterocycles. The molecule has 114 valence electrons. The second-order valence-electron chi connectivity index (χ2n) is 3.49. The van der Waals surface area contributed by atoms with E-state index in [9.17, 15) is 4.79 Å². The lowest BCUT2D eigenvalue weighted by Crippen LogP contribution is -2.48. The lowest BCUT2D eigenvalue weighted by Gasteiger charge is -2.22. The summed E-state index contributed by atoms with van der Waals surface area (Å²) in [6.45, 7) is -0.540. The Morgan fingerprint density at radius 1 is 1.26 bits per heavy atom. The second-order valence-corrected chi connectivity index (χ2v) is 7.24. The van der Waals surface area contributed by atoms with Gasteiger partial charge in [-0.05, 0) is 11.8 Å². The Morgan fingerprint density at radius 2 is 1.79 bits per heavy atom. The predicted octanol–water partition coefficient (Wildman–Crippen LogP) is -3.53. The summed E-state index contributed by atoms with van der Waals surface area (Å²) in [5.41, 5.74) is 13.6. The molecule has 0 amide bonds. The molecule has 9 nitrogen and oxygen atoms in total. The number of hydrogen-bond donors (Lipinski definition) is 8. The van der Waals surface area contributed by atoms with Crippen molar-refractivity contribution >= 4 is 38.5 Å². The Morgan fingerprint density at radius 3 is 2.21 bits per heavy atom. The van der Waals surface area contributed by atoms with Crippen LogP contribution in [-0.2, 0) is 4.79 Å². The lowest BCUT2D eigenvalue weighted by atomic mass is 10.4. The highest BCUT2D eigenvalue weighted by Gasteiger charge is 2.31. The molecule has 19 heavy (non-hydrogen) atoms. The summed E-state index contributed by atoms with van der Waals surface area (Å²) >= 11 is 0.188. The highest BCUT2D eigenvalue weighted by Crippen LogP contribution is 2.30. The van der Waals surface area contributed by atoms with Gasteiger partial charge in [0.05, 0.1) is 12.6 Å². The first-order chi connectivity index (χ1) is 8.49. The normalized spacial score (nSPS) is 16.2. The second kappa shape index (κ2) is 7.99. The van der Waals surface area contributed by atoms with E-state index in [-0.39, 0.29) is 17.5 Å². The van der Waals surface area contributed by atoms with Gasteiger partial charge in [-0.2, -0.15) is 0 Å². The molecule has 0 aliphatic heterocycles. The van der Waals surface area contributed by atoms with Crippen LogP contribution in [0.15, 0.2) is 0 Å². The molecule has 0 heterocycles. The molecule has 0 aromatic rings. The van der Waals surface area contributed by atoms with Gasteiger partial charge in [0, 0.05) is 5.75 Å². The largest absolute Gasteiger partial charge is 0.375 e. The predicted molar refractivity (Wildman–Crippen MR) is 74.2 cm³/mol. The van der Waals surface area contributed by atoms with E-state index in [2.05, 4.69) is 0 Å². The number of carbonyl (C=O) groups is 1. The van der Waals surface area contributed by atoms with E-state index in [1.807, 2.05) is 0 Å². The van der Waals surface area contributed by atoms with Gasteiger partial charge in [0.25, 0.3) is 5.91 Å². The number of aliphatic hydroxyl groups excluding tert-OH is 1. The minimum atomic E-state index is -2.76. The van der Waals surface area contributed by atoms with E-state index in [1.54, 1.807) is 0 Å². The molecule has 0 aliphatic carbocycles. The van der Waals surface area contributed by atoms with Crippen molar-refractivity contribution in [1.82, 2.24) is 0 Å². The fraction of sp³-hybridized carbons (Fsp3) is 0.857. The van der Waals surface area contributed by atoms with Gasteiger partial charge in [-0.3, -0.25) is 10.5 Å². The molecule has 2 atom stereocenters. The maximum Gasteiger partial charge on any atom is 0.258 e. The van der Waals surface area contributed by atoms with Crippen molar-refractivity contribution in [1.29, 1.82) is 0 Å². The first-order valence-corrected chi connectivity index (χ1v) is 8.02. The maximum atomic E-state index is 11.4. The van der Waals surface area contributed by atoms with Gasteiger partial charge in [0.1, 0.15) is 0 Å². The van der Waals surface area contributed by atoms with Crippen LogP contribution in [0.2, 0.25) is 0 Å². The number of thioether (sulfide) groups is 1. The van der Waals surface area contributed by atoms with E-state index in [0.717, 1.165) is 10.8 Å². The van der Waals surface area contributed by atoms with E-state index in [1.165, 1.54) is 0 Å². The van der Waals surface area contributed by atoms with Crippen molar-refractivity contribution in [2.24, 2.45) is 17.2 Å². The van der Waals surface area contributed by atoms with Gasteiger partial charge in [-0.15, -0.1) is 0 Å². The Balaban J connectivity index is 4.05. The quantitative estimate of drug-likeness (QED) is 0.161. The molecule has 0 aliphatic rings. The molecule has 12 heteroatoms. The minimum absolute atomic E-state index is 0.00963. The molecule has 11 N–H and O–H groups in total. The fourth-order valence-electron chi connectivity index (χ4n) is 0.594. The highest BCUT2D eigenvalue weighted by molar-refractivity contribution is 8.76. The number of aliphatic hydroxyl groups is 5. The smallest absolute Gasteiger partial charge is 0.258 e. The van der Waals surface area contributed by atoms with E-state index in [4.69, 9.17) is 42.7 Å². The maximum absolute atomic E-state index is 11.4. The van der Waals surface area contributed by atoms with Crippen molar-refractivity contribution in [3.63, 3.8) is 0 Å². The molecular weight excluding hydrogens is 318 g/mol. The van der Waals surface area contributed by atoms with Gasteiger partial charge in [-0.1, -0.05) is 21.6 Å². The Kier molecular flexibility index (Phi) is 8.16. The van der Waals surface area contributed by atoms with Crippen molar-refractivity contribution in [3.05, 3.63) is 0 Å². The summed E-state index contributed by atoms with van der Waals surface area (Å²) in [5.74, 6) is -2.77. The van der Waals surface area contributed by atoms with Crippen molar-refractivity contribution in [2.75, 3.05) is 12.3 Å². The summed E-state index contributed by atoms with van der Waals surface area (Å²) in [4.78, 5) is 11.4. The number of hydrogen-bond acceptors (Lipinski definition) is 12. The van der Waals surface area contributed by atoms with Gasteiger partial charge in [-0.25, -0.2) is 0 Å². The highest BCUT2D eigenvalue weighted by atomic mass is 33.1. The van der Waals surface area contributed by atoms with Gasteiger partial charge >= 0.3 is 0 Å². The van der Waals surface area contributed by atoms with Crippen LogP contribution in [0.3, 0.4) is 0 Å². The van der Waals surface area contributed by atoms with Crippen LogP contribution >= 0.6 is 33.3 Å². The van der Waals surface area contributed by atoms with Crippen LogP contribution in [0.25, 0.3) is 0 Å². The number of carbonyl (C=O) groups excluding carboxylic acids is 1. The summed E-state index contributed by atoms with van der Waals surface area (Å²) in [6, 6.07) is -1.05. The van der Waals surface area contributed by atoms with Gasteiger partial charge in [0.2, 0.25) is 10.2 Å². The van der Waals surface area contributed by atoms with Crippen LogP contribution in [0.4, 0.5) is 0 Å². The van der Waals surface area contributed by atoms with Crippen LogP contribution in [0.5, 0.6) is 0 Å². The average molecular weight is 335 g/mol. The van der Waals surface area contributed by atoms with E-state index < -0.39 is 34.2 Å². The summed E-state index contributed by atoms with van der Waals surface area (Å²) in [5, 5.41) is 42.0. The first-order valence-electron chi connectivity index (χ1n) is 4.83. The van der Waals surface area contributed by atoms with E-state index >= 15 is 0 Å². The van der Waals surface area contributed by atoms with Gasteiger partial charge < -0.3 is 37.0 Å².